The highest BCUT2D eigenvalue weighted by molar-refractivity contribution is 6.10. The lowest BCUT2D eigenvalue weighted by atomic mass is 9.67. The summed E-state index contributed by atoms with van der Waals surface area (Å²) >= 11 is 0. The second kappa shape index (κ2) is 6.31. The van der Waals surface area contributed by atoms with Gasteiger partial charge >= 0.3 is 0 Å². The average Bonchev–Trinajstić information content (AvgIpc) is 3.09. The van der Waals surface area contributed by atoms with Crippen molar-refractivity contribution < 1.29 is 9.90 Å². The minimum Gasteiger partial charge on any atom is -0.384 e. The topological polar surface area (TPSA) is 37.3 Å². The van der Waals surface area contributed by atoms with Crippen LogP contribution in [0.2, 0.25) is 0 Å². The maximum atomic E-state index is 12.3. The Labute approximate surface area is 159 Å². The molecule has 3 aromatic carbocycles. The van der Waals surface area contributed by atoms with Crippen LogP contribution < -0.4 is 0 Å². The minimum absolute atomic E-state index is 0.0254. The summed E-state index contributed by atoms with van der Waals surface area (Å²) in [6, 6.07) is 19.3. The van der Waals surface area contributed by atoms with Gasteiger partial charge in [-0.2, -0.15) is 0 Å². The summed E-state index contributed by atoms with van der Waals surface area (Å²) in [5.41, 5.74) is 2.14. The summed E-state index contributed by atoms with van der Waals surface area (Å²) in [5, 5.41) is 15.8. The number of aliphatic hydroxyl groups is 1. The first-order valence-electron chi connectivity index (χ1n) is 10.0. The van der Waals surface area contributed by atoms with Crippen molar-refractivity contribution in [2.24, 2.45) is 5.41 Å². The fourth-order valence-electron chi connectivity index (χ4n) is 5.37. The van der Waals surface area contributed by atoms with Crippen LogP contribution in [-0.2, 0) is 4.79 Å². The molecule has 2 aliphatic rings. The predicted octanol–water partition coefficient (Wildman–Crippen LogP) is 5.66. The minimum atomic E-state index is -0.827. The van der Waals surface area contributed by atoms with Crippen LogP contribution in [0.15, 0.2) is 60.2 Å². The maximum absolute atomic E-state index is 12.3. The number of fused-ring (bicyclic) bond motifs is 3. The average molecular weight is 356 g/mol. The van der Waals surface area contributed by atoms with Gasteiger partial charge in [-0.3, -0.25) is 4.79 Å². The van der Waals surface area contributed by atoms with Gasteiger partial charge in [0.25, 0.3) is 0 Å². The lowest BCUT2D eigenvalue weighted by Gasteiger charge is -2.38. The molecule has 136 valence electrons. The third kappa shape index (κ3) is 2.55. The van der Waals surface area contributed by atoms with E-state index < -0.39 is 6.10 Å². The Hall–Kier alpha value is -2.45. The second-order valence-electron chi connectivity index (χ2n) is 8.13. The number of aliphatic hydroxyl groups excluding tert-OH is 1. The highest BCUT2D eigenvalue weighted by atomic mass is 16.3. The van der Waals surface area contributed by atoms with E-state index in [-0.39, 0.29) is 11.2 Å². The first-order chi connectivity index (χ1) is 13.2. The number of carbonyl (C=O) groups is 1. The van der Waals surface area contributed by atoms with Crippen molar-refractivity contribution >= 4 is 33.4 Å². The molecule has 0 radical (unpaired) electrons. The van der Waals surface area contributed by atoms with Gasteiger partial charge < -0.3 is 5.11 Å². The number of hydrogen-bond acceptors (Lipinski definition) is 2. The summed E-state index contributed by atoms with van der Waals surface area (Å²) in [5.74, 6) is 0.0254. The monoisotopic (exact) mass is 356 g/mol. The molecule has 2 heteroatoms. The van der Waals surface area contributed by atoms with Crippen molar-refractivity contribution in [3.63, 3.8) is 0 Å². The summed E-state index contributed by atoms with van der Waals surface area (Å²) in [7, 11) is 0. The molecule has 2 aliphatic carbocycles. The van der Waals surface area contributed by atoms with Crippen LogP contribution in [0.1, 0.15) is 44.1 Å². The molecule has 0 bridgehead atoms. The first kappa shape index (κ1) is 16.7. The molecule has 5 rings (SSSR count). The van der Waals surface area contributed by atoms with Crippen LogP contribution in [0.3, 0.4) is 0 Å². The first-order valence-corrected chi connectivity index (χ1v) is 10.0. The molecule has 0 aliphatic heterocycles. The molecule has 1 N–H and O–H groups in total. The van der Waals surface area contributed by atoms with E-state index in [4.69, 9.17) is 0 Å². The molecule has 2 atom stereocenters. The molecule has 1 spiro atoms. The lowest BCUT2D eigenvalue weighted by Crippen LogP contribution is -2.43. The number of hydrogen-bond donors (Lipinski definition) is 1. The third-order valence-electron chi connectivity index (χ3n) is 6.71. The number of benzene rings is 3. The Morgan fingerprint density at radius 1 is 0.889 bits per heavy atom. The Bertz CT molecular complexity index is 1080. The zero-order valence-electron chi connectivity index (χ0n) is 15.4. The van der Waals surface area contributed by atoms with E-state index in [1.165, 1.54) is 32.7 Å². The molecular formula is C25H24O2. The molecule has 27 heavy (non-hydrogen) atoms. The SMILES string of the molecule is O=C1CCC[C@@]2(CCC/C2=C\c2cc3ccccc3c3ccccc23)[C@H]1O. The number of Topliss-reactive ketones (excluding diaryl/α,β-unsaturated/α-hetero) is 1. The Morgan fingerprint density at radius 2 is 1.56 bits per heavy atom. The van der Waals surface area contributed by atoms with Crippen molar-refractivity contribution in [3.05, 3.63) is 65.7 Å². The normalized spacial score (nSPS) is 27.2. The van der Waals surface area contributed by atoms with Gasteiger partial charge in [0.15, 0.2) is 5.78 Å². The zero-order valence-corrected chi connectivity index (χ0v) is 15.4. The van der Waals surface area contributed by atoms with E-state index in [0.717, 1.165) is 32.1 Å². The molecule has 2 saturated carbocycles. The van der Waals surface area contributed by atoms with Crippen LogP contribution in [-0.4, -0.2) is 17.0 Å². The summed E-state index contributed by atoms with van der Waals surface area (Å²) in [6.45, 7) is 0. The van der Waals surface area contributed by atoms with Crippen molar-refractivity contribution in [1.82, 2.24) is 0 Å². The molecular weight excluding hydrogens is 332 g/mol. The van der Waals surface area contributed by atoms with Gasteiger partial charge in [-0.05, 0) is 65.3 Å². The number of carbonyl (C=O) groups excluding carboxylic acids is 1. The molecule has 2 fully saturated rings. The third-order valence-corrected chi connectivity index (χ3v) is 6.71. The molecule has 0 aromatic heterocycles. The summed E-state index contributed by atoms with van der Waals surface area (Å²) in [6.07, 6.45) is 6.76. The molecule has 2 nitrogen and oxygen atoms in total. The van der Waals surface area contributed by atoms with E-state index in [0.29, 0.717) is 6.42 Å². The quantitative estimate of drug-likeness (QED) is 0.571. The second-order valence-corrected chi connectivity index (χ2v) is 8.13. The number of rotatable bonds is 1. The van der Waals surface area contributed by atoms with Gasteiger partial charge in [-0.25, -0.2) is 0 Å². The van der Waals surface area contributed by atoms with Crippen LogP contribution >= 0.6 is 0 Å². The molecule has 0 amide bonds. The van der Waals surface area contributed by atoms with E-state index in [9.17, 15) is 9.90 Å². The Balaban J connectivity index is 1.72. The molecule has 3 aromatic rings. The predicted molar refractivity (Wildman–Crippen MR) is 111 cm³/mol. The lowest BCUT2D eigenvalue weighted by molar-refractivity contribution is -0.136. The van der Waals surface area contributed by atoms with Crippen molar-refractivity contribution in [1.29, 1.82) is 0 Å². The van der Waals surface area contributed by atoms with Gasteiger partial charge in [-0.15, -0.1) is 0 Å². The fourth-order valence-corrected chi connectivity index (χ4v) is 5.37. The van der Waals surface area contributed by atoms with Crippen LogP contribution in [0.4, 0.5) is 0 Å². The Morgan fingerprint density at radius 3 is 2.37 bits per heavy atom. The maximum Gasteiger partial charge on any atom is 0.162 e. The van der Waals surface area contributed by atoms with Gasteiger partial charge in [0.1, 0.15) is 6.10 Å². The van der Waals surface area contributed by atoms with Crippen molar-refractivity contribution in [2.75, 3.05) is 0 Å². The van der Waals surface area contributed by atoms with E-state index in [2.05, 4.69) is 60.7 Å². The van der Waals surface area contributed by atoms with E-state index >= 15 is 0 Å². The standard InChI is InChI=1S/C25H24O2/c26-23-12-6-14-25(24(23)27)13-5-8-19(25)16-18-15-17-7-1-2-9-20(17)22-11-4-3-10-21(18)22/h1-4,7,9-11,15-16,24,27H,5-6,8,12-14H2/b19-16+/t24-,25+/m0/s1. The van der Waals surface area contributed by atoms with Crippen LogP contribution in [0, 0.1) is 5.41 Å². The Kier molecular flexibility index (Phi) is 3.91. The highest BCUT2D eigenvalue weighted by Crippen LogP contribution is 2.52. The molecule has 0 heterocycles. The summed E-state index contributed by atoms with van der Waals surface area (Å²) in [4.78, 5) is 12.3. The molecule has 0 unspecified atom stereocenters. The smallest absolute Gasteiger partial charge is 0.162 e. The molecule has 0 saturated heterocycles. The zero-order chi connectivity index (χ0) is 18.4. The fraction of sp³-hybridized carbons (Fsp3) is 0.320. The van der Waals surface area contributed by atoms with Gasteiger partial charge in [0.2, 0.25) is 0 Å². The van der Waals surface area contributed by atoms with Crippen molar-refractivity contribution in [2.45, 2.75) is 44.6 Å². The highest BCUT2D eigenvalue weighted by Gasteiger charge is 2.48. The number of ketones is 1. The van der Waals surface area contributed by atoms with Gasteiger partial charge in [0, 0.05) is 11.8 Å². The van der Waals surface area contributed by atoms with Gasteiger partial charge in [-0.1, -0.05) is 60.2 Å². The van der Waals surface area contributed by atoms with Crippen LogP contribution in [0.5, 0.6) is 0 Å². The van der Waals surface area contributed by atoms with Gasteiger partial charge in [0.05, 0.1) is 0 Å². The summed E-state index contributed by atoms with van der Waals surface area (Å²) < 4.78 is 0. The largest absolute Gasteiger partial charge is 0.384 e. The van der Waals surface area contributed by atoms with Crippen molar-refractivity contribution in [3.8, 4) is 0 Å². The van der Waals surface area contributed by atoms with Crippen LogP contribution in [0.25, 0.3) is 27.6 Å². The van der Waals surface area contributed by atoms with E-state index in [1.807, 2.05) is 0 Å². The van der Waals surface area contributed by atoms with E-state index in [1.54, 1.807) is 0 Å².